The monoisotopic (exact) mass is 382 g/mol. The van der Waals surface area contributed by atoms with E-state index in [0.29, 0.717) is 34.3 Å². The van der Waals surface area contributed by atoms with E-state index in [-0.39, 0.29) is 10.9 Å². The van der Waals surface area contributed by atoms with Crippen molar-refractivity contribution in [1.82, 2.24) is 0 Å². The maximum atomic E-state index is 12.6. The summed E-state index contributed by atoms with van der Waals surface area (Å²) in [5, 5.41) is 6.52. The summed E-state index contributed by atoms with van der Waals surface area (Å²) in [7, 11) is 0. The number of anilines is 2. The van der Waals surface area contributed by atoms with E-state index in [1.807, 2.05) is 0 Å². The average molecular weight is 384 g/mol. The Bertz CT molecular complexity index is 819. The lowest BCUT2D eigenvalue weighted by Gasteiger charge is -2.16. The predicted molar refractivity (Wildman–Crippen MR) is 96.8 cm³/mol. The fraction of sp³-hybridized carbons (Fsp3) is 0.176. The summed E-state index contributed by atoms with van der Waals surface area (Å²) in [4.78, 5) is 25.1. The van der Waals surface area contributed by atoms with Crippen molar-refractivity contribution in [3.05, 3.63) is 57.5 Å². The van der Waals surface area contributed by atoms with Gasteiger partial charge in [-0.15, -0.1) is 0 Å². The molecule has 2 aromatic rings. The minimum Gasteiger partial charge on any atom is -0.325 e. The number of benzene rings is 2. The fourth-order valence-corrected chi connectivity index (χ4v) is 2.88. The Morgan fingerprint density at radius 2 is 1.58 bits per heavy atom. The van der Waals surface area contributed by atoms with Gasteiger partial charge < -0.3 is 10.6 Å². The van der Waals surface area contributed by atoms with Crippen LogP contribution in [0.1, 0.15) is 12.8 Å². The number of hydrogen-bond acceptors (Lipinski definition) is 2. The summed E-state index contributed by atoms with van der Waals surface area (Å²) in [6.45, 7) is 0. The number of carbonyl (C=O) groups excluding carboxylic acids is 2. The molecule has 24 heavy (non-hydrogen) atoms. The molecule has 1 aliphatic rings. The molecule has 1 fully saturated rings. The molecule has 1 saturated carbocycles. The molecule has 0 aromatic heterocycles. The first-order valence-electron chi connectivity index (χ1n) is 7.25. The highest BCUT2D eigenvalue weighted by molar-refractivity contribution is 6.44. The molecule has 4 nitrogen and oxygen atoms in total. The molecule has 2 amide bonds. The van der Waals surface area contributed by atoms with Crippen LogP contribution in [0.3, 0.4) is 0 Å². The Balaban J connectivity index is 1.74. The Labute approximate surface area is 154 Å². The van der Waals surface area contributed by atoms with E-state index < -0.39 is 11.3 Å². The maximum absolute atomic E-state index is 12.6. The molecule has 7 heteroatoms. The van der Waals surface area contributed by atoms with Crippen LogP contribution in [0.25, 0.3) is 0 Å². The van der Waals surface area contributed by atoms with Gasteiger partial charge >= 0.3 is 0 Å². The number of amides is 2. The number of rotatable bonds is 4. The molecule has 0 heterocycles. The van der Waals surface area contributed by atoms with Crippen LogP contribution in [0.4, 0.5) is 11.4 Å². The van der Waals surface area contributed by atoms with Gasteiger partial charge in [0.25, 0.3) is 0 Å². The molecule has 0 saturated heterocycles. The minimum atomic E-state index is -1.09. The molecule has 3 rings (SSSR count). The zero-order valence-corrected chi connectivity index (χ0v) is 14.7. The highest BCUT2D eigenvalue weighted by Crippen LogP contribution is 2.48. The molecular weight excluding hydrogens is 371 g/mol. The Kier molecular flexibility index (Phi) is 4.72. The summed E-state index contributed by atoms with van der Waals surface area (Å²) < 4.78 is 0. The van der Waals surface area contributed by atoms with Gasteiger partial charge in [0.2, 0.25) is 11.8 Å². The zero-order valence-electron chi connectivity index (χ0n) is 12.4. The van der Waals surface area contributed by atoms with E-state index in [1.54, 1.807) is 42.5 Å². The SMILES string of the molecule is O=C(Nc1cccc(Cl)c1)C1(C(=O)Nc2cccc(Cl)c2Cl)CC1. The summed E-state index contributed by atoms with van der Waals surface area (Å²) in [6.07, 6.45) is 0.951. The topological polar surface area (TPSA) is 58.2 Å². The number of halogens is 3. The van der Waals surface area contributed by atoms with Crippen LogP contribution in [0.2, 0.25) is 15.1 Å². The lowest BCUT2D eigenvalue weighted by Crippen LogP contribution is -2.35. The molecule has 124 valence electrons. The number of carbonyl (C=O) groups is 2. The Morgan fingerprint density at radius 1 is 0.917 bits per heavy atom. The molecule has 0 aliphatic heterocycles. The van der Waals surface area contributed by atoms with Crippen molar-refractivity contribution in [2.75, 3.05) is 10.6 Å². The average Bonchev–Trinajstić information content (AvgIpc) is 3.34. The standard InChI is InChI=1S/C17H13Cl3N2O2/c18-10-3-1-4-11(9-10)21-15(23)17(7-8-17)16(24)22-13-6-2-5-12(19)14(13)20/h1-6,9H,7-8H2,(H,21,23)(H,22,24). The largest absolute Gasteiger partial charge is 0.325 e. The summed E-state index contributed by atoms with van der Waals surface area (Å²) >= 11 is 17.9. The summed E-state index contributed by atoms with van der Waals surface area (Å²) in [6, 6.07) is 11.7. The van der Waals surface area contributed by atoms with E-state index >= 15 is 0 Å². The predicted octanol–water partition coefficient (Wildman–Crippen LogP) is 5.00. The van der Waals surface area contributed by atoms with Gasteiger partial charge in [-0.05, 0) is 43.2 Å². The van der Waals surface area contributed by atoms with Crippen LogP contribution in [0, 0.1) is 5.41 Å². The first-order valence-corrected chi connectivity index (χ1v) is 8.38. The van der Waals surface area contributed by atoms with E-state index in [1.165, 1.54) is 0 Å². The van der Waals surface area contributed by atoms with Crippen LogP contribution < -0.4 is 10.6 Å². The van der Waals surface area contributed by atoms with Gasteiger partial charge in [0.1, 0.15) is 5.41 Å². The van der Waals surface area contributed by atoms with Crippen LogP contribution in [0.5, 0.6) is 0 Å². The van der Waals surface area contributed by atoms with Crippen molar-refractivity contribution >= 4 is 58.0 Å². The molecule has 0 spiro atoms. The fourth-order valence-electron chi connectivity index (χ4n) is 2.34. The van der Waals surface area contributed by atoms with Crippen LogP contribution in [-0.2, 0) is 9.59 Å². The van der Waals surface area contributed by atoms with Crippen molar-refractivity contribution in [3.63, 3.8) is 0 Å². The van der Waals surface area contributed by atoms with Gasteiger partial charge in [-0.2, -0.15) is 0 Å². The molecule has 2 aromatic carbocycles. The molecule has 0 bridgehead atoms. The Hall–Kier alpha value is -1.75. The highest BCUT2D eigenvalue weighted by atomic mass is 35.5. The third-order valence-electron chi connectivity index (χ3n) is 3.90. The molecule has 0 radical (unpaired) electrons. The van der Waals surface area contributed by atoms with Crippen LogP contribution in [-0.4, -0.2) is 11.8 Å². The lowest BCUT2D eigenvalue weighted by atomic mass is 10.0. The summed E-state index contributed by atoms with van der Waals surface area (Å²) in [5.41, 5.74) is -0.156. The van der Waals surface area contributed by atoms with Gasteiger partial charge in [-0.1, -0.05) is 46.9 Å². The van der Waals surface area contributed by atoms with E-state index in [2.05, 4.69) is 10.6 Å². The second-order valence-electron chi connectivity index (χ2n) is 5.60. The third kappa shape index (κ3) is 3.36. The molecule has 0 unspecified atom stereocenters. The quantitative estimate of drug-likeness (QED) is 0.730. The van der Waals surface area contributed by atoms with Gasteiger partial charge in [-0.3, -0.25) is 9.59 Å². The van der Waals surface area contributed by atoms with Crippen molar-refractivity contribution in [1.29, 1.82) is 0 Å². The van der Waals surface area contributed by atoms with Gasteiger partial charge in [0, 0.05) is 10.7 Å². The number of nitrogens with one attached hydrogen (secondary N) is 2. The second kappa shape index (κ2) is 6.63. The maximum Gasteiger partial charge on any atom is 0.240 e. The van der Waals surface area contributed by atoms with Gasteiger partial charge in [-0.25, -0.2) is 0 Å². The van der Waals surface area contributed by atoms with Gasteiger partial charge in [0.15, 0.2) is 0 Å². The smallest absolute Gasteiger partial charge is 0.240 e. The van der Waals surface area contributed by atoms with Crippen LogP contribution in [0.15, 0.2) is 42.5 Å². The molecule has 0 atom stereocenters. The van der Waals surface area contributed by atoms with E-state index in [4.69, 9.17) is 34.8 Å². The lowest BCUT2D eigenvalue weighted by molar-refractivity contribution is -0.131. The first kappa shape index (κ1) is 17.1. The van der Waals surface area contributed by atoms with Crippen molar-refractivity contribution in [2.24, 2.45) is 5.41 Å². The highest BCUT2D eigenvalue weighted by Gasteiger charge is 2.56. The van der Waals surface area contributed by atoms with Crippen molar-refractivity contribution in [2.45, 2.75) is 12.8 Å². The van der Waals surface area contributed by atoms with Crippen LogP contribution >= 0.6 is 34.8 Å². The van der Waals surface area contributed by atoms with Crippen molar-refractivity contribution < 1.29 is 9.59 Å². The first-order chi connectivity index (χ1) is 11.4. The minimum absolute atomic E-state index is 0.249. The van der Waals surface area contributed by atoms with Crippen molar-refractivity contribution in [3.8, 4) is 0 Å². The molecule has 2 N–H and O–H groups in total. The summed E-state index contributed by atoms with van der Waals surface area (Å²) in [5.74, 6) is -0.758. The second-order valence-corrected chi connectivity index (χ2v) is 6.82. The third-order valence-corrected chi connectivity index (χ3v) is 4.96. The molecule has 1 aliphatic carbocycles. The number of hydrogen-bond donors (Lipinski definition) is 2. The van der Waals surface area contributed by atoms with E-state index in [0.717, 1.165) is 0 Å². The van der Waals surface area contributed by atoms with Gasteiger partial charge in [0.05, 0.1) is 15.7 Å². The molecular formula is C17H13Cl3N2O2. The van der Waals surface area contributed by atoms with E-state index in [9.17, 15) is 9.59 Å². The normalized spacial score (nSPS) is 14.8. The zero-order chi connectivity index (χ0) is 17.3. The Morgan fingerprint density at radius 3 is 2.25 bits per heavy atom.